The zero-order valence-corrected chi connectivity index (χ0v) is 26.6. The van der Waals surface area contributed by atoms with Crippen molar-refractivity contribution < 1.29 is 13.2 Å². The van der Waals surface area contributed by atoms with Gasteiger partial charge in [0.1, 0.15) is 10.3 Å². The SMILES string of the molecule is CN1CCN(S(=O)(=O)c2ccc(C(CC3CCCC3)C(=O)Nc3nc4ccc(-c5ccnc(C6CC6)c5)nc4s3)cc2)CC1. The number of nitrogens with zero attached hydrogens (tertiary/aromatic N) is 5. The van der Waals surface area contributed by atoms with Crippen molar-refractivity contribution in [2.24, 2.45) is 5.92 Å². The summed E-state index contributed by atoms with van der Waals surface area (Å²) >= 11 is 1.38. The van der Waals surface area contributed by atoms with E-state index in [1.807, 2.05) is 43.6 Å². The number of aromatic nitrogens is 3. The van der Waals surface area contributed by atoms with Crippen LogP contribution in [0.3, 0.4) is 0 Å². The van der Waals surface area contributed by atoms with Gasteiger partial charge in [-0.15, -0.1) is 0 Å². The van der Waals surface area contributed by atoms with Gasteiger partial charge in [-0.05, 0) is 74.2 Å². The first-order chi connectivity index (χ1) is 21.3. The second kappa shape index (κ2) is 12.3. The Bertz CT molecular complexity index is 1760. The molecule has 2 aliphatic carbocycles. The third-order valence-electron chi connectivity index (χ3n) is 9.30. The predicted octanol–water partition coefficient (Wildman–Crippen LogP) is 5.87. The normalized spacial score (nSPS) is 19.4. The average Bonchev–Trinajstić information content (AvgIpc) is 3.61. The Hall–Kier alpha value is -3.25. The van der Waals surface area contributed by atoms with E-state index in [9.17, 15) is 13.2 Å². The molecule has 4 aromatic rings. The van der Waals surface area contributed by atoms with Crippen molar-refractivity contribution in [3.63, 3.8) is 0 Å². The number of likely N-dealkylation sites (N-methyl/N-ethyl adjacent to an activating group) is 1. The van der Waals surface area contributed by atoms with E-state index in [0.29, 0.717) is 43.1 Å². The maximum Gasteiger partial charge on any atom is 0.243 e. The highest BCUT2D eigenvalue weighted by atomic mass is 32.2. The number of piperazine rings is 1. The van der Waals surface area contributed by atoms with Crippen LogP contribution in [0.2, 0.25) is 0 Å². The van der Waals surface area contributed by atoms with Crippen LogP contribution in [0, 0.1) is 5.92 Å². The van der Waals surface area contributed by atoms with Gasteiger partial charge >= 0.3 is 0 Å². The fourth-order valence-electron chi connectivity index (χ4n) is 6.46. The van der Waals surface area contributed by atoms with Gasteiger partial charge in [0, 0.05) is 49.6 Å². The number of benzene rings is 1. The Balaban J connectivity index is 1.10. The molecule has 1 amide bonds. The van der Waals surface area contributed by atoms with Gasteiger partial charge < -0.3 is 10.2 Å². The lowest BCUT2D eigenvalue weighted by Crippen LogP contribution is -2.47. The molecule has 3 aromatic heterocycles. The van der Waals surface area contributed by atoms with Gasteiger partial charge in [0.2, 0.25) is 15.9 Å². The van der Waals surface area contributed by atoms with Gasteiger partial charge in [0.25, 0.3) is 0 Å². The molecule has 3 aliphatic rings. The van der Waals surface area contributed by atoms with Crippen LogP contribution in [-0.4, -0.2) is 71.7 Å². The van der Waals surface area contributed by atoms with Crippen LogP contribution in [0.15, 0.2) is 59.6 Å². The molecule has 0 spiro atoms. The maximum absolute atomic E-state index is 13.8. The van der Waals surface area contributed by atoms with Crippen molar-refractivity contribution in [2.75, 3.05) is 38.5 Å². The number of pyridine rings is 2. The molecule has 1 saturated heterocycles. The number of fused-ring (bicyclic) bond motifs is 1. The van der Waals surface area contributed by atoms with E-state index in [2.05, 4.69) is 26.3 Å². The molecule has 1 unspecified atom stereocenters. The number of carbonyl (C=O) groups is 1. The first-order valence-corrected chi connectivity index (χ1v) is 17.9. The lowest BCUT2D eigenvalue weighted by Gasteiger charge is -2.31. The molecule has 7 rings (SSSR count). The van der Waals surface area contributed by atoms with Crippen molar-refractivity contribution >= 4 is 42.7 Å². The second-order valence-electron chi connectivity index (χ2n) is 12.5. The number of anilines is 1. The highest BCUT2D eigenvalue weighted by molar-refractivity contribution is 7.89. The van der Waals surface area contributed by atoms with Gasteiger partial charge in [0.05, 0.1) is 16.5 Å². The number of thiazole rings is 1. The first-order valence-electron chi connectivity index (χ1n) is 15.7. The molecule has 9 nitrogen and oxygen atoms in total. The fourth-order valence-corrected chi connectivity index (χ4v) is 8.72. The molecule has 1 N–H and O–H groups in total. The minimum atomic E-state index is -3.57. The Morgan fingerprint density at radius 1 is 0.977 bits per heavy atom. The molecule has 1 aromatic carbocycles. The highest BCUT2D eigenvalue weighted by Gasteiger charge is 2.30. The molecule has 11 heteroatoms. The molecule has 2 saturated carbocycles. The second-order valence-corrected chi connectivity index (χ2v) is 15.4. The van der Waals surface area contributed by atoms with Crippen LogP contribution in [0.4, 0.5) is 5.13 Å². The van der Waals surface area contributed by atoms with Crippen molar-refractivity contribution in [2.45, 2.75) is 61.7 Å². The summed E-state index contributed by atoms with van der Waals surface area (Å²) in [5.74, 6) is 0.527. The van der Waals surface area contributed by atoms with E-state index in [0.717, 1.165) is 52.1 Å². The topological polar surface area (TPSA) is 108 Å². The van der Waals surface area contributed by atoms with Gasteiger partial charge in [-0.1, -0.05) is 49.2 Å². The number of sulfonamides is 1. The molecule has 0 radical (unpaired) electrons. The Kier molecular flexibility index (Phi) is 8.21. The van der Waals surface area contributed by atoms with Crippen LogP contribution in [-0.2, 0) is 14.8 Å². The zero-order chi connectivity index (χ0) is 30.3. The summed E-state index contributed by atoms with van der Waals surface area (Å²) in [6, 6.07) is 15.0. The third-order valence-corrected chi connectivity index (χ3v) is 12.1. The lowest BCUT2D eigenvalue weighted by atomic mass is 9.87. The zero-order valence-electron chi connectivity index (χ0n) is 25.0. The van der Waals surface area contributed by atoms with Crippen LogP contribution >= 0.6 is 11.3 Å². The standard InChI is InChI=1S/C33H38N6O3S2/c1-38-16-18-39(19-17-38)44(41,42)26-10-8-23(9-11-26)27(20-22-4-2-3-5-22)31(40)37-33-36-29-13-12-28(35-32(29)43-33)25-14-15-34-30(21-25)24-6-7-24/h8-15,21-22,24,27H,2-7,16-20H2,1H3,(H,36,37,40). The fraction of sp³-hybridized carbons (Fsp3) is 0.455. The number of amides is 1. The molecular weight excluding hydrogens is 593 g/mol. The largest absolute Gasteiger partial charge is 0.304 e. The van der Waals surface area contributed by atoms with Gasteiger partial charge in [-0.25, -0.2) is 18.4 Å². The van der Waals surface area contributed by atoms with Crippen LogP contribution in [0.5, 0.6) is 0 Å². The molecule has 3 fully saturated rings. The molecule has 230 valence electrons. The van der Waals surface area contributed by atoms with Crippen LogP contribution in [0.25, 0.3) is 21.6 Å². The third kappa shape index (κ3) is 6.28. The summed E-state index contributed by atoms with van der Waals surface area (Å²) in [4.78, 5) is 31.1. The Morgan fingerprint density at radius 2 is 1.73 bits per heavy atom. The van der Waals surface area contributed by atoms with E-state index in [1.165, 1.54) is 37.0 Å². The Morgan fingerprint density at radius 3 is 2.45 bits per heavy atom. The molecule has 44 heavy (non-hydrogen) atoms. The van der Waals surface area contributed by atoms with E-state index >= 15 is 0 Å². The minimum absolute atomic E-state index is 0.117. The molecule has 1 aliphatic heterocycles. The van der Waals surface area contributed by atoms with Crippen molar-refractivity contribution in [3.05, 3.63) is 66.0 Å². The van der Waals surface area contributed by atoms with Gasteiger partial charge in [-0.2, -0.15) is 4.31 Å². The van der Waals surface area contributed by atoms with E-state index in [4.69, 9.17) is 4.98 Å². The highest BCUT2D eigenvalue weighted by Crippen LogP contribution is 2.40. The summed E-state index contributed by atoms with van der Waals surface area (Å²) < 4.78 is 28.1. The number of carbonyl (C=O) groups excluding carboxylic acids is 1. The quantitative estimate of drug-likeness (QED) is 0.246. The molecular formula is C33H38N6O3S2. The average molecular weight is 631 g/mol. The lowest BCUT2D eigenvalue weighted by molar-refractivity contribution is -0.118. The van der Waals surface area contributed by atoms with E-state index in [1.54, 1.807) is 16.4 Å². The van der Waals surface area contributed by atoms with Crippen molar-refractivity contribution in [1.82, 2.24) is 24.2 Å². The molecule has 0 bridgehead atoms. The van der Waals surface area contributed by atoms with Crippen LogP contribution < -0.4 is 5.32 Å². The summed E-state index contributed by atoms with van der Waals surface area (Å²) in [6.45, 7) is 2.40. The summed E-state index contributed by atoms with van der Waals surface area (Å²) in [5, 5.41) is 3.61. The summed E-state index contributed by atoms with van der Waals surface area (Å²) in [7, 11) is -1.57. The number of nitrogens with one attached hydrogen (secondary N) is 1. The summed E-state index contributed by atoms with van der Waals surface area (Å²) in [6.07, 6.45) is 9.58. The minimum Gasteiger partial charge on any atom is -0.304 e. The van der Waals surface area contributed by atoms with Crippen molar-refractivity contribution in [1.29, 1.82) is 0 Å². The smallest absolute Gasteiger partial charge is 0.243 e. The molecule has 1 atom stereocenters. The van der Waals surface area contributed by atoms with E-state index < -0.39 is 15.9 Å². The van der Waals surface area contributed by atoms with Crippen molar-refractivity contribution in [3.8, 4) is 11.3 Å². The van der Waals surface area contributed by atoms with Gasteiger partial charge in [0.15, 0.2) is 5.13 Å². The van der Waals surface area contributed by atoms with E-state index in [-0.39, 0.29) is 10.8 Å². The Labute approximate surface area is 262 Å². The first kappa shape index (κ1) is 29.5. The maximum atomic E-state index is 13.8. The predicted molar refractivity (Wildman–Crippen MR) is 173 cm³/mol. The number of hydrogen-bond donors (Lipinski definition) is 1. The number of hydrogen-bond acceptors (Lipinski definition) is 8. The van der Waals surface area contributed by atoms with Crippen LogP contribution in [0.1, 0.15) is 68.0 Å². The number of rotatable bonds is 9. The van der Waals surface area contributed by atoms with Gasteiger partial charge in [-0.3, -0.25) is 9.78 Å². The summed E-state index contributed by atoms with van der Waals surface area (Å²) in [5.41, 5.74) is 4.61. The molecule has 4 heterocycles. The monoisotopic (exact) mass is 630 g/mol.